The lowest BCUT2D eigenvalue weighted by atomic mass is 10.2. The number of carbonyl (C=O) groups is 1. The Morgan fingerprint density at radius 2 is 1.47 bits per heavy atom. The number of carbonyl (C=O) groups excluding carboxylic acids is 1. The maximum absolute atomic E-state index is 12.8. The van der Waals surface area contributed by atoms with Gasteiger partial charge in [0.15, 0.2) is 0 Å². The van der Waals surface area contributed by atoms with Gasteiger partial charge >= 0.3 is 0 Å². The van der Waals surface area contributed by atoms with Crippen LogP contribution in [0.1, 0.15) is 10.4 Å². The molecule has 10 nitrogen and oxygen atoms in total. The smallest absolute Gasteiger partial charge is 0.251 e. The van der Waals surface area contributed by atoms with Gasteiger partial charge in [-0.2, -0.15) is 4.31 Å². The summed E-state index contributed by atoms with van der Waals surface area (Å²) in [5.41, 5.74) is 0.369. The Morgan fingerprint density at radius 1 is 0.912 bits per heavy atom. The summed E-state index contributed by atoms with van der Waals surface area (Å²) in [6.45, 7) is 2.82. The van der Waals surface area contributed by atoms with Crippen molar-refractivity contribution in [3.8, 4) is 5.75 Å². The molecule has 2 aromatic rings. The fourth-order valence-electron chi connectivity index (χ4n) is 3.51. The Hall–Kier alpha value is -2.51. The van der Waals surface area contributed by atoms with Gasteiger partial charge in [0.2, 0.25) is 20.0 Å². The highest BCUT2D eigenvalue weighted by Crippen LogP contribution is 2.20. The molecule has 1 aliphatic heterocycles. The van der Waals surface area contributed by atoms with Crippen LogP contribution in [0.15, 0.2) is 58.3 Å². The van der Waals surface area contributed by atoms with E-state index in [-0.39, 0.29) is 15.7 Å². The van der Waals surface area contributed by atoms with Crippen molar-refractivity contribution in [2.24, 2.45) is 0 Å². The van der Waals surface area contributed by atoms with Gasteiger partial charge in [0.1, 0.15) is 5.75 Å². The van der Waals surface area contributed by atoms with Crippen LogP contribution in [0.2, 0.25) is 0 Å². The predicted octanol–water partition coefficient (Wildman–Crippen LogP) is 0.682. The van der Waals surface area contributed by atoms with Crippen LogP contribution in [0.5, 0.6) is 5.75 Å². The van der Waals surface area contributed by atoms with Gasteiger partial charge < -0.3 is 10.1 Å². The second kappa shape index (κ2) is 10.8. The minimum atomic E-state index is -3.56. The van der Waals surface area contributed by atoms with Crippen LogP contribution in [0, 0.1) is 0 Å². The van der Waals surface area contributed by atoms with E-state index in [1.54, 1.807) is 24.3 Å². The molecule has 0 unspecified atom stereocenters. The van der Waals surface area contributed by atoms with E-state index in [1.165, 1.54) is 49.8 Å². The molecule has 0 atom stereocenters. The van der Waals surface area contributed by atoms with Gasteiger partial charge in [0, 0.05) is 58.9 Å². The molecule has 34 heavy (non-hydrogen) atoms. The summed E-state index contributed by atoms with van der Waals surface area (Å²) in [6, 6.07) is 12.1. The lowest BCUT2D eigenvalue weighted by molar-refractivity contribution is 0.0945. The number of benzene rings is 2. The van der Waals surface area contributed by atoms with Crippen LogP contribution < -0.4 is 10.1 Å². The van der Waals surface area contributed by atoms with E-state index < -0.39 is 20.0 Å². The third-order valence-electron chi connectivity index (χ3n) is 5.64. The standard InChI is InChI=1S/C22H30N4O6S2/c1-24(2)33(28,29)20-8-4-18(5-9-20)22(27)23-12-13-25-14-16-26(17-15-25)34(30,31)21-10-6-19(32-3)7-11-21/h4-11H,12-17H2,1-3H3,(H,23,27). The largest absolute Gasteiger partial charge is 0.497 e. The number of rotatable bonds is 9. The lowest BCUT2D eigenvalue weighted by Gasteiger charge is -2.34. The van der Waals surface area contributed by atoms with Crippen LogP contribution in [0.25, 0.3) is 0 Å². The lowest BCUT2D eigenvalue weighted by Crippen LogP contribution is -2.50. The molecule has 0 bridgehead atoms. The van der Waals surface area contributed by atoms with Crippen molar-refractivity contribution in [1.29, 1.82) is 0 Å². The number of nitrogens with one attached hydrogen (secondary N) is 1. The van der Waals surface area contributed by atoms with E-state index in [1.807, 2.05) is 0 Å². The Morgan fingerprint density at radius 3 is 2.00 bits per heavy atom. The first kappa shape index (κ1) is 26.1. The summed E-state index contributed by atoms with van der Waals surface area (Å²) >= 11 is 0. The number of nitrogens with zero attached hydrogens (tertiary/aromatic N) is 3. The van der Waals surface area contributed by atoms with Gasteiger partial charge in [-0.15, -0.1) is 0 Å². The highest BCUT2D eigenvalue weighted by molar-refractivity contribution is 7.89. The van der Waals surface area contributed by atoms with Crippen LogP contribution in [0.4, 0.5) is 0 Å². The SMILES string of the molecule is COc1ccc(S(=O)(=O)N2CCN(CCNC(=O)c3ccc(S(=O)(=O)N(C)C)cc3)CC2)cc1. The van der Waals surface area contributed by atoms with Crippen LogP contribution in [-0.4, -0.2) is 96.7 Å². The molecule has 1 saturated heterocycles. The molecule has 1 N–H and O–H groups in total. The summed E-state index contributed by atoms with van der Waals surface area (Å²) in [5, 5.41) is 2.82. The molecule has 0 spiro atoms. The van der Waals surface area contributed by atoms with Gasteiger partial charge in [-0.05, 0) is 48.5 Å². The molecule has 1 aliphatic rings. The molecule has 1 amide bonds. The van der Waals surface area contributed by atoms with Crippen molar-refractivity contribution in [2.75, 3.05) is 60.5 Å². The summed E-state index contributed by atoms with van der Waals surface area (Å²) in [5.74, 6) is 0.301. The molecule has 0 aromatic heterocycles. The third kappa shape index (κ3) is 5.94. The van der Waals surface area contributed by atoms with Crippen molar-refractivity contribution in [3.05, 3.63) is 54.1 Å². The minimum Gasteiger partial charge on any atom is -0.497 e. The van der Waals surface area contributed by atoms with Crippen LogP contribution in [-0.2, 0) is 20.0 Å². The summed E-state index contributed by atoms with van der Waals surface area (Å²) in [4.78, 5) is 14.8. The van der Waals surface area contributed by atoms with E-state index >= 15 is 0 Å². The van der Waals surface area contributed by atoms with Gasteiger partial charge in [0.05, 0.1) is 16.9 Å². The fourth-order valence-corrected chi connectivity index (χ4v) is 5.83. The van der Waals surface area contributed by atoms with E-state index in [0.717, 1.165) is 4.31 Å². The molecule has 0 radical (unpaired) electrons. The number of hydrogen-bond acceptors (Lipinski definition) is 7. The molecule has 1 fully saturated rings. The van der Waals surface area contributed by atoms with Crippen molar-refractivity contribution in [3.63, 3.8) is 0 Å². The summed E-state index contributed by atoms with van der Waals surface area (Å²) in [6.07, 6.45) is 0. The average Bonchev–Trinajstić information content (AvgIpc) is 2.84. The Bertz CT molecular complexity index is 1190. The molecule has 3 rings (SSSR count). The number of ether oxygens (including phenoxy) is 1. The number of amides is 1. The molecule has 12 heteroatoms. The highest BCUT2D eigenvalue weighted by Gasteiger charge is 2.28. The second-order valence-electron chi connectivity index (χ2n) is 7.99. The van der Waals surface area contributed by atoms with Gasteiger partial charge in [-0.3, -0.25) is 9.69 Å². The maximum atomic E-state index is 12.8. The Kier molecular flexibility index (Phi) is 8.31. The van der Waals surface area contributed by atoms with Crippen molar-refractivity contribution in [1.82, 2.24) is 18.8 Å². The number of sulfonamides is 2. The molecular formula is C22H30N4O6S2. The molecule has 186 valence electrons. The quantitative estimate of drug-likeness (QED) is 0.527. The predicted molar refractivity (Wildman–Crippen MR) is 128 cm³/mol. The summed E-state index contributed by atoms with van der Waals surface area (Å²) < 4.78 is 57.6. The normalized spacial score (nSPS) is 15.9. The second-order valence-corrected chi connectivity index (χ2v) is 12.1. The van der Waals surface area contributed by atoms with E-state index in [0.29, 0.717) is 50.6 Å². The van der Waals surface area contributed by atoms with E-state index in [4.69, 9.17) is 4.74 Å². The van der Waals surface area contributed by atoms with Crippen molar-refractivity contribution < 1.29 is 26.4 Å². The van der Waals surface area contributed by atoms with Gasteiger partial charge in [0.25, 0.3) is 5.91 Å². The molecule has 1 heterocycles. The summed E-state index contributed by atoms with van der Waals surface area (Å²) in [7, 11) is -2.68. The number of piperazine rings is 1. The zero-order valence-corrected chi connectivity index (χ0v) is 21.1. The fraction of sp³-hybridized carbons (Fsp3) is 0.409. The van der Waals surface area contributed by atoms with Crippen molar-refractivity contribution >= 4 is 26.0 Å². The Balaban J connectivity index is 1.46. The highest BCUT2D eigenvalue weighted by atomic mass is 32.2. The average molecular weight is 511 g/mol. The first-order valence-electron chi connectivity index (χ1n) is 10.7. The minimum absolute atomic E-state index is 0.122. The Labute approximate surface area is 201 Å². The first-order valence-corrected chi connectivity index (χ1v) is 13.6. The van der Waals surface area contributed by atoms with E-state index in [2.05, 4.69) is 10.2 Å². The molecule has 0 saturated carbocycles. The van der Waals surface area contributed by atoms with Gasteiger partial charge in [-0.25, -0.2) is 21.1 Å². The third-order valence-corrected chi connectivity index (χ3v) is 9.38. The maximum Gasteiger partial charge on any atom is 0.251 e. The zero-order valence-electron chi connectivity index (χ0n) is 19.5. The first-order chi connectivity index (χ1) is 16.1. The van der Waals surface area contributed by atoms with E-state index in [9.17, 15) is 21.6 Å². The topological polar surface area (TPSA) is 116 Å². The molecular weight excluding hydrogens is 480 g/mol. The molecule has 2 aromatic carbocycles. The molecule has 0 aliphatic carbocycles. The van der Waals surface area contributed by atoms with Gasteiger partial charge in [-0.1, -0.05) is 0 Å². The zero-order chi connectivity index (χ0) is 24.9. The monoisotopic (exact) mass is 510 g/mol. The number of methoxy groups -OCH3 is 1. The van der Waals surface area contributed by atoms with Crippen molar-refractivity contribution in [2.45, 2.75) is 9.79 Å². The number of hydrogen-bond donors (Lipinski definition) is 1. The van der Waals surface area contributed by atoms with Crippen LogP contribution >= 0.6 is 0 Å². The van der Waals surface area contributed by atoms with Crippen LogP contribution in [0.3, 0.4) is 0 Å².